The number of rotatable bonds is 1. The molecule has 2 aromatic heterocycles. The minimum atomic E-state index is -0.964. The van der Waals surface area contributed by atoms with Crippen LogP contribution in [0, 0.1) is 13.8 Å². The molecule has 5 nitrogen and oxygen atoms in total. The van der Waals surface area contributed by atoms with E-state index in [0.29, 0.717) is 16.9 Å². The molecule has 0 radical (unpaired) electrons. The van der Waals surface area contributed by atoms with Crippen LogP contribution in [0.3, 0.4) is 0 Å². The van der Waals surface area contributed by atoms with E-state index in [1.54, 1.807) is 30.8 Å². The lowest BCUT2D eigenvalue weighted by atomic mass is 10.2. The Kier molecular flexibility index (Phi) is 1.73. The molecule has 0 fully saturated rings. The van der Waals surface area contributed by atoms with Gasteiger partial charge in [0.05, 0.1) is 11.4 Å². The molecule has 0 atom stereocenters. The van der Waals surface area contributed by atoms with Crippen LogP contribution in [-0.4, -0.2) is 25.7 Å². The molecule has 0 bridgehead atoms. The van der Waals surface area contributed by atoms with Crippen LogP contribution in [0.25, 0.3) is 5.52 Å². The average Bonchev–Trinajstić information content (AvgIpc) is 2.42. The fraction of sp³-hybridized carbons (Fsp3) is 0.222. The molecular formula is C9H9N3O2. The molecule has 1 N–H and O–H groups in total. The van der Waals surface area contributed by atoms with Gasteiger partial charge in [0.2, 0.25) is 0 Å². The van der Waals surface area contributed by atoms with E-state index in [-0.39, 0.29) is 5.56 Å². The zero-order valence-corrected chi connectivity index (χ0v) is 7.85. The van der Waals surface area contributed by atoms with Crippen LogP contribution in [0.1, 0.15) is 21.7 Å². The van der Waals surface area contributed by atoms with Crippen LogP contribution in [0.15, 0.2) is 12.4 Å². The molecule has 0 unspecified atom stereocenters. The summed E-state index contributed by atoms with van der Waals surface area (Å²) in [6.45, 7) is 3.44. The summed E-state index contributed by atoms with van der Waals surface area (Å²) in [5.74, 6) is -0.964. The van der Waals surface area contributed by atoms with Gasteiger partial charge in [-0.2, -0.15) is 5.10 Å². The van der Waals surface area contributed by atoms with Gasteiger partial charge in [0.15, 0.2) is 0 Å². The van der Waals surface area contributed by atoms with Gasteiger partial charge in [0.1, 0.15) is 11.1 Å². The van der Waals surface area contributed by atoms with Gasteiger partial charge >= 0.3 is 5.97 Å². The standard InChI is InChI=1S/C9H9N3O2/c1-5-7(9(13)14)8-6(2)10-3-4-12(8)11-5/h3-4H,1-2H3,(H,13,14). The molecule has 0 aliphatic heterocycles. The topological polar surface area (TPSA) is 67.5 Å². The van der Waals surface area contributed by atoms with Crippen molar-refractivity contribution in [1.82, 2.24) is 14.6 Å². The Hall–Kier alpha value is -1.91. The molecule has 0 saturated heterocycles. The number of hydrogen-bond donors (Lipinski definition) is 1. The number of fused-ring (bicyclic) bond motifs is 1. The van der Waals surface area contributed by atoms with Gasteiger partial charge in [-0.1, -0.05) is 0 Å². The third-order valence-corrected chi connectivity index (χ3v) is 2.12. The smallest absolute Gasteiger partial charge is 0.339 e. The number of carbonyl (C=O) groups is 1. The van der Waals surface area contributed by atoms with Crippen LogP contribution < -0.4 is 0 Å². The van der Waals surface area contributed by atoms with Crippen molar-refractivity contribution in [3.8, 4) is 0 Å². The summed E-state index contributed by atoms with van der Waals surface area (Å²) >= 11 is 0. The second-order valence-electron chi connectivity index (χ2n) is 3.07. The second kappa shape index (κ2) is 2.80. The molecule has 2 heterocycles. The van der Waals surface area contributed by atoms with Gasteiger partial charge in [0.25, 0.3) is 0 Å². The zero-order chi connectivity index (χ0) is 10.3. The highest BCUT2D eigenvalue weighted by atomic mass is 16.4. The fourth-order valence-electron chi connectivity index (χ4n) is 1.53. The summed E-state index contributed by atoms with van der Waals surface area (Å²) < 4.78 is 1.54. The number of carboxylic acids is 1. The SMILES string of the molecule is Cc1nn2ccnc(C)c2c1C(=O)O. The Morgan fingerprint density at radius 1 is 1.43 bits per heavy atom. The zero-order valence-electron chi connectivity index (χ0n) is 7.85. The maximum Gasteiger partial charge on any atom is 0.339 e. The maximum absolute atomic E-state index is 11.0. The maximum atomic E-state index is 11.0. The van der Waals surface area contributed by atoms with Crippen LogP contribution in [0.5, 0.6) is 0 Å². The Morgan fingerprint density at radius 3 is 2.79 bits per heavy atom. The third-order valence-electron chi connectivity index (χ3n) is 2.12. The van der Waals surface area contributed by atoms with E-state index in [1.165, 1.54) is 0 Å². The van der Waals surface area contributed by atoms with E-state index >= 15 is 0 Å². The van der Waals surface area contributed by atoms with Gasteiger partial charge in [-0.3, -0.25) is 4.98 Å². The van der Waals surface area contributed by atoms with Crippen LogP contribution in [0.2, 0.25) is 0 Å². The van der Waals surface area contributed by atoms with Crippen LogP contribution in [0.4, 0.5) is 0 Å². The van der Waals surface area contributed by atoms with E-state index in [1.807, 2.05) is 0 Å². The van der Waals surface area contributed by atoms with Crippen molar-refractivity contribution in [1.29, 1.82) is 0 Å². The Bertz CT molecular complexity index is 516. The molecule has 2 rings (SSSR count). The molecule has 72 valence electrons. The molecule has 0 saturated carbocycles. The molecule has 5 heteroatoms. The molecule has 0 spiro atoms. The summed E-state index contributed by atoms with van der Waals surface area (Å²) in [5.41, 5.74) is 1.98. The van der Waals surface area contributed by atoms with Gasteiger partial charge < -0.3 is 5.11 Å². The molecule has 2 aromatic rings. The van der Waals surface area contributed by atoms with Crippen molar-refractivity contribution in [3.63, 3.8) is 0 Å². The molecule has 0 aliphatic rings. The Labute approximate surface area is 80.0 Å². The summed E-state index contributed by atoms with van der Waals surface area (Å²) in [4.78, 5) is 15.0. The van der Waals surface area contributed by atoms with Crippen molar-refractivity contribution in [2.45, 2.75) is 13.8 Å². The lowest BCUT2D eigenvalue weighted by Gasteiger charge is -1.96. The van der Waals surface area contributed by atoms with Crippen molar-refractivity contribution in [3.05, 3.63) is 29.3 Å². The predicted molar refractivity (Wildman–Crippen MR) is 49.4 cm³/mol. The van der Waals surface area contributed by atoms with Crippen molar-refractivity contribution >= 4 is 11.5 Å². The van der Waals surface area contributed by atoms with Gasteiger partial charge in [-0.15, -0.1) is 0 Å². The molecule has 0 amide bonds. The molecule has 0 aromatic carbocycles. The van der Waals surface area contributed by atoms with Crippen molar-refractivity contribution < 1.29 is 9.90 Å². The number of aryl methyl sites for hydroxylation is 2. The predicted octanol–water partition coefficient (Wildman–Crippen LogP) is 1.04. The lowest BCUT2D eigenvalue weighted by Crippen LogP contribution is -1.99. The van der Waals surface area contributed by atoms with E-state index in [0.717, 1.165) is 0 Å². The number of aromatic carboxylic acids is 1. The molecule has 14 heavy (non-hydrogen) atoms. The van der Waals surface area contributed by atoms with Crippen molar-refractivity contribution in [2.75, 3.05) is 0 Å². The normalized spacial score (nSPS) is 10.7. The van der Waals surface area contributed by atoms with E-state index < -0.39 is 5.97 Å². The number of hydrogen-bond acceptors (Lipinski definition) is 3. The Morgan fingerprint density at radius 2 is 2.14 bits per heavy atom. The van der Waals surface area contributed by atoms with Gasteiger partial charge in [-0.05, 0) is 13.8 Å². The fourth-order valence-corrected chi connectivity index (χ4v) is 1.53. The minimum Gasteiger partial charge on any atom is -0.478 e. The minimum absolute atomic E-state index is 0.232. The largest absolute Gasteiger partial charge is 0.478 e. The van der Waals surface area contributed by atoms with Gasteiger partial charge in [-0.25, -0.2) is 9.31 Å². The first-order valence-corrected chi connectivity index (χ1v) is 4.15. The molecule has 0 aliphatic carbocycles. The van der Waals surface area contributed by atoms with E-state index in [9.17, 15) is 4.79 Å². The van der Waals surface area contributed by atoms with Crippen molar-refractivity contribution in [2.24, 2.45) is 0 Å². The summed E-state index contributed by atoms with van der Waals surface area (Å²) in [5, 5.41) is 13.1. The first-order valence-electron chi connectivity index (χ1n) is 4.15. The number of carboxylic acid groups (broad SMARTS) is 1. The van der Waals surface area contributed by atoms with Crippen LogP contribution in [-0.2, 0) is 0 Å². The second-order valence-corrected chi connectivity index (χ2v) is 3.07. The highest BCUT2D eigenvalue weighted by molar-refractivity contribution is 5.97. The third kappa shape index (κ3) is 1.06. The molecular weight excluding hydrogens is 182 g/mol. The number of nitrogens with zero attached hydrogens (tertiary/aromatic N) is 3. The highest BCUT2D eigenvalue weighted by Gasteiger charge is 2.17. The van der Waals surface area contributed by atoms with E-state index in [4.69, 9.17) is 5.11 Å². The Balaban J connectivity index is 2.93. The summed E-state index contributed by atoms with van der Waals surface area (Å²) in [7, 11) is 0. The van der Waals surface area contributed by atoms with Gasteiger partial charge in [0, 0.05) is 12.4 Å². The first kappa shape index (κ1) is 8.68. The number of aromatic nitrogens is 3. The first-order chi connectivity index (χ1) is 6.61. The highest BCUT2D eigenvalue weighted by Crippen LogP contribution is 2.16. The lowest BCUT2D eigenvalue weighted by molar-refractivity contribution is 0.0698. The quantitative estimate of drug-likeness (QED) is 0.731. The van der Waals surface area contributed by atoms with Crippen LogP contribution >= 0.6 is 0 Å². The average molecular weight is 191 g/mol. The monoisotopic (exact) mass is 191 g/mol. The summed E-state index contributed by atoms with van der Waals surface area (Å²) in [6.07, 6.45) is 3.24. The van der Waals surface area contributed by atoms with E-state index in [2.05, 4.69) is 10.1 Å². The summed E-state index contributed by atoms with van der Waals surface area (Å²) in [6, 6.07) is 0.